The fourth-order valence-electron chi connectivity index (χ4n) is 1.89. The van der Waals surface area contributed by atoms with Crippen LogP contribution < -0.4 is 10.1 Å². The van der Waals surface area contributed by atoms with Gasteiger partial charge in [-0.1, -0.05) is 29.8 Å². The third kappa shape index (κ3) is 4.02. The van der Waals surface area contributed by atoms with Crippen LogP contribution in [0.4, 0.5) is 0 Å². The van der Waals surface area contributed by atoms with Crippen LogP contribution in [0.15, 0.2) is 28.9 Å². The molecule has 2 aromatic rings. The maximum absolute atomic E-state index is 5.95. The second-order valence-corrected chi connectivity index (χ2v) is 6.09. The predicted octanol–water partition coefficient (Wildman–Crippen LogP) is 4.18. The van der Waals surface area contributed by atoms with Crippen molar-refractivity contribution in [3.8, 4) is 11.5 Å². The molecule has 0 unspecified atom stereocenters. The maximum Gasteiger partial charge on any atom is 0.168 e. The maximum atomic E-state index is 5.95. The second kappa shape index (κ2) is 7.00. The van der Waals surface area contributed by atoms with Crippen LogP contribution in [0.1, 0.15) is 36.8 Å². The highest BCUT2D eigenvalue weighted by atomic mass is 79.9. The lowest BCUT2D eigenvalue weighted by Gasteiger charge is -2.13. The minimum Gasteiger partial charge on any atom is -0.454 e. The molecule has 4 nitrogen and oxygen atoms in total. The fraction of sp³-hybridized carbons (Fsp3) is 0.375. The third-order valence-electron chi connectivity index (χ3n) is 3.07. The number of nitrogens with zero attached hydrogens (tertiary/aromatic N) is 2. The highest BCUT2D eigenvalue weighted by molar-refractivity contribution is 9.10. The van der Waals surface area contributed by atoms with Crippen molar-refractivity contribution in [2.45, 2.75) is 33.2 Å². The van der Waals surface area contributed by atoms with E-state index in [1.807, 2.05) is 32.2 Å². The molecule has 1 N–H and O–H groups in total. The zero-order chi connectivity index (χ0) is 15.4. The van der Waals surface area contributed by atoms with E-state index in [2.05, 4.69) is 45.1 Å². The molecule has 1 aromatic heterocycles. The zero-order valence-corrected chi connectivity index (χ0v) is 14.4. The molecule has 1 heterocycles. The molecule has 0 spiro atoms. The Labute approximate surface area is 134 Å². The lowest BCUT2D eigenvalue weighted by Crippen LogP contribution is -2.11. The van der Waals surface area contributed by atoms with E-state index in [0.29, 0.717) is 18.2 Å². The molecule has 0 saturated carbocycles. The van der Waals surface area contributed by atoms with E-state index in [0.717, 1.165) is 27.3 Å². The molecular weight excluding hydrogens is 330 g/mol. The van der Waals surface area contributed by atoms with E-state index >= 15 is 0 Å². The molecule has 21 heavy (non-hydrogen) atoms. The molecule has 5 heteroatoms. The average molecular weight is 350 g/mol. The summed E-state index contributed by atoms with van der Waals surface area (Å²) < 4.78 is 7.01. The van der Waals surface area contributed by atoms with Gasteiger partial charge in [0, 0.05) is 16.9 Å². The Hall–Kier alpha value is -1.46. The van der Waals surface area contributed by atoms with E-state index in [1.54, 1.807) is 6.20 Å². The van der Waals surface area contributed by atoms with Gasteiger partial charge in [-0.15, -0.1) is 0 Å². The molecule has 0 atom stereocenters. The van der Waals surface area contributed by atoms with Crippen LogP contribution in [-0.4, -0.2) is 17.0 Å². The summed E-state index contributed by atoms with van der Waals surface area (Å²) in [5.41, 5.74) is 2.00. The van der Waals surface area contributed by atoms with Crippen molar-refractivity contribution in [3.05, 3.63) is 46.0 Å². The van der Waals surface area contributed by atoms with Crippen LogP contribution >= 0.6 is 15.9 Å². The summed E-state index contributed by atoms with van der Waals surface area (Å²) in [4.78, 5) is 8.97. The minimum absolute atomic E-state index is 0.296. The van der Waals surface area contributed by atoms with Crippen molar-refractivity contribution in [2.24, 2.45) is 0 Å². The zero-order valence-electron chi connectivity index (χ0n) is 12.8. The van der Waals surface area contributed by atoms with E-state index in [1.165, 1.54) is 0 Å². The minimum atomic E-state index is 0.296. The number of hydrogen-bond donors (Lipinski definition) is 1. The Balaban J connectivity index is 2.31. The van der Waals surface area contributed by atoms with E-state index in [-0.39, 0.29) is 0 Å². The number of ether oxygens (including phenoxy) is 1. The standard InChI is InChI=1S/C16H20BrN3O/c1-10(2)16-19-9-15(14(20-16)8-18-4)21-12-5-6-13(17)11(3)7-12/h5-7,9-10,18H,8H2,1-4H3. The number of hydrogen-bond acceptors (Lipinski definition) is 4. The molecule has 0 aliphatic heterocycles. The van der Waals surface area contributed by atoms with E-state index in [4.69, 9.17) is 4.74 Å². The van der Waals surface area contributed by atoms with Crippen molar-refractivity contribution in [1.29, 1.82) is 0 Å². The summed E-state index contributed by atoms with van der Waals surface area (Å²) in [6, 6.07) is 5.89. The van der Waals surface area contributed by atoms with Crippen molar-refractivity contribution >= 4 is 15.9 Å². The molecule has 2 rings (SSSR count). The molecule has 0 bridgehead atoms. The topological polar surface area (TPSA) is 47.0 Å². The number of nitrogens with one attached hydrogen (secondary N) is 1. The molecule has 1 aromatic carbocycles. The van der Waals surface area contributed by atoms with Crippen molar-refractivity contribution in [3.63, 3.8) is 0 Å². The molecule has 0 aliphatic carbocycles. The molecular formula is C16H20BrN3O. The highest BCUT2D eigenvalue weighted by Gasteiger charge is 2.11. The Morgan fingerprint density at radius 1 is 1.33 bits per heavy atom. The Morgan fingerprint density at radius 3 is 2.71 bits per heavy atom. The van der Waals surface area contributed by atoms with Gasteiger partial charge in [0.1, 0.15) is 17.3 Å². The summed E-state index contributed by atoms with van der Waals surface area (Å²) in [5, 5.41) is 3.12. The van der Waals surface area contributed by atoms with Crippen molar-refractivity contribution in [2.75, 3.05) is 7.05 Å². The largest absolute Gasteiger partial charge is 0.454 e. The van der Waals surface area contributed by atoms with Gasteiger partial charge >= 0.3 is 0 Å². The first-order valence-corrected chi connectivity index (χ1v) is 7.75. The summed E-state index contributed by atoms with van der Waals surface area (Å²) in [5.74, 6) is 2.61. The van der Waals surface area contributed by atoms with Crippen molar-refractivity contribution < 1.29 is 4.74 Å². The monoisotopic (exact) mass is 349 g/mol. The van der Waals surface area contributed by atoms with Gasteiger partial charge < -0.3 is 10.1 Å². The molecule has 0 amide bonds. The van der Waals surface area contributed by atoms with Crippen LogP contribution in [0.25, 0.3) is 0 Å². The summed E-state index contributed by atoms with van der Waals surface area (Å²) in [6.45, 7) is 6.84. The SMILES string of the molecule is CNCc1nc(C(C)C)ncc1Oc1ccc(Br)c(C)c1. The van der Waals surface area contributed by atoms with Gasteiger partial charge in [-0.2, -0.15) is 0 Å². The highest BCUT2D eigenvalue weighted by Crippen LogP contribution is 2.28. The van der Waals surface area contributed by atoms with E-state index < -0.39 is 0 Å². The van der Waals surface area contributed by atoms with Gasteiger partial charge in [-0.25, -0.2) is 9.97 Å². The molecule has 0 radical (unpaired) electrons. The Bertz CT molecular complexity index is 629. The smallest absolute Gasteiger partial charge is 0.168 e. The van der Waals surface area contributed by atoms with Crippen molar-refractivity contribution in [1.82, 2.24) is 15.3 Å². The predicted molar refractivity (Wildman–Crippen MR) is 87.8 cm³/mol. The van der Waals surface area contributed by atoms with Gasteiger partial charge in [0.15, 0.2) is 5.75 Å². The molecule has 0 aliphatic rings. The first-order chi connectivity index (χ1) is 10.0. The van der Waals surface area contributed by atoms with Crippen LogP contribution in [0.3, 0.4) is 0 Å². The van der Waals surface area contributed by atoms with Crippen LogP contribution in [0.2, 0.25) is 0 Å². The van der Waals surface area contributed by atoms with Gasteiger partial charge in [0.25, 0.3) is 0 Å². The first-order valence-electron chi connectivity index (χ1n) is 6.95. The summed E-state index contributed by atoms with van der Waals surface area (Å²) in [7, 11) is 1.89. The summed E-state index contributed by atoms with van der Waals surface area (Å²) in [6.07, 6.45) is 1.76. The molecule has 0 fully saturated rings. The summed E-state index contributed by atoms with van der Waals surface area (Å²) >= 11 is 3.49. The molecule has 112 valence electrons. The van der Waals surface area contributed by atoms with E-state index in [9.17, 15) is 0 Å². The number of aryl methyl sites for hydroxylation is 1. The van der Waals surface area contributed by atoms with Crippen LogP contribution in [0, 0.1) is 6.92 Å². The Morgan fingerprint density at radius 2 is 2.10 bits per heavy atom. The normalized spacial score (nSPS) is 11.0. The lowest BCUT2D eigenvalue weighted by molar-refractivity contribution is 0.464. The van der Waals surface area contributed by atoms with Gasteiger partial charge in [-0.05, 0) is 37.7 Å². The third-order valence-corrected chi connectivity index (χ3v) is 3.96. The first kappa shape index (κ1) is 15.9. The molecule has 0 saturated heterocycles. The number of benzene rings is 1. The van der Waals surface area contributed by atoms with Crippen LogP contribution in [0.5, 0.6) is 11.5 Å². The lowest BCUT2D eigenvalue weighted by atomic mass is 10.2. The van der Waals surface area contributed by atoms with Crippen LogP contribution in [-0.2, 0) is 6.54 Å². The average Bonchev–Trinajstić information content (AvgIpc) is 2.45. The number of rotatable bonds is 5. The Kier molecular flexibility index (Phi) is 5.31. The quantitative estimate of drug-likeness (QED) is 0.879. The van der Waals surface area contributed by atoms with Gasteiger partial charge in [0.2, 0.25) is 0 Å². The second-order valence-electron chi connectivity index (χ2n) is 5.24. The van der Waals surface area contributed by atoms with Gasteiger partial charge in [0.05, 0.1) is 6.20 Å². The number of halogens is 1. The number of aromatic nitrogens is 2. The fourth-order valence-corrected chi connectivity index (χ4v) is 2.13. The van der Waals surface area contributed by atoms with Gasteiger partial charge in [-0.3, -0.25) is 0 Å².